The van der Waals surface area contributed by atoms with E-state index in [0.717, 1.165) is 16.5 Å². The van der Waals surface area contributed by atoms with Crippen molar-refractivity contribution >= 4 is 27.7 Å². The Kier molecular flexibility index (Phi) is 6.37. The standard InChI is InChI=1S/C18H19BrN2O3/c1-3-13-5-8-15(9-6-13)24-11-17(22)20-21-18(23)14-7-4-12(2)16(19)10-14/h4-10H,3,11H2,1-2H3,(H,20,22)(H,21,23). The van der Waals surface area contributed by atoms with Crippen LogP contribution >= 0.6 is 15.9 Å². The number of ether oxygens (including phenoxy) is 1. The monoisotopic (exact) mass is 390 g/mol. The molecule has 0 atom stereocenters. The van der Waals surface area contributed by atoms with Crippen molar-refractivity contribution in [2.45, 2.75) is 20.3 Å². The lowest BCUT2D eigenvalue weighted by molar-refractivity contribution is -0.123. The highest BCUT2D eigenvalue weighted by Crippen LogP contribution is 2.17. The lowest BCUT2D eigenvalue weighted by Crippen LogP contribution is -2.43. The van der Waals surface area contributed by atoms with E-state index in [4.69, 9.17) is 4.74 Å². The van der Waals surface area contributed by atoms with Crippen LogP contribution in [0, 0.1) is 6.92 Å². The predicted molar refractivity (Wildman–Crippen MR) is 95.8 cm³/mol. The SMILES string of the molecule is CCc1ccc(OCC(=O)NNC(=O)c2ccc(C)c(Br)c2)cc1. The minimum absolute atomic E-state index is 0.177. The van der Waals surface area contributed by atoms with E-state index >= 15 is 0 Å². The van der Waals surface area contributed by atoms with Gasteiger partial charge >= 0.3 is 0 Å². The fourth-order valence-electron chi connectivity index (χ4n) is 1.94. The number of amides is 2. The predicted octanol–water partition coefficient (Wildman–Crippen LogP) is 3.16. The molecule has 24 heavy (non-hydrogen) atoms. The van der Waals surface area contributed by atoms with Gasteiger partial charge in [0.15, 0.2) is 6.61 Å². The quantitative estimate of drug-likeness (QED) is 0.770. The number of halogens is 1. The molecular formula is C18H19BrN2O3. The first-order valence-corrected chi connectivity index (χ1v) is 8.36. The summed E-state index contributed by atoms with van der Waals surface area (Å²) in [6.45, 7) is 3.82. The van der Waals surface area contributed by atoms with Crippen LogP contribution in [-0.2, 0) is 11.2 Å². The normalized spacial score (nSPS) is 10.1. The Hall–Kier alpha value is -2.34. The summed E-state index contributed by atoms with van der Waals surface area (Å²) >= 11 is 3.37. The van der Waals surface area contributed by atoms with E-state index in [1.54, 1.807) is 12.1 Å². The molecule has 5 nitrogen and oxygen atoms in total. The third kappa shape index (κ3) is 5.09. The third-order valence-electron chi connectivity index (χ3n) is 3.45. The highest BCUT2D eigenvalue weighted by Gasteiger charge is 2.09. The summed E-state index contributed by atoms with van der Waals surface area (Å²) in [5.74, 6) is -0.221. The van der Waals surface area contributed by atoms with Crippen LogP contribution in [0.5, 0.6) is 5.75 Å². The fourth-order valence-corrected chi connectivity index (χ4v) is 2.32. The number of nitrogens with one attached hydrogen (secondary N) is 2. The second-order valence-electron chi connectivity index (χ2n) is 5.25. The van der Waals surface area contributed by atoms with Crippen LogP contribution in [-0.4, -0.2) is 18.4 Å². The maximum Gasteiger partial charge on any atom is 0.276 e. The van der Waals surface area contributed by atoms with E-state index in [2.05, 4.69) is 33.7 Å². The van der Waals surface area contributed by atoms with Gasteiger partial charge in [0.2, 0.25) is 0 Å². The third-order valence-corrected chi connectivity index (χ3v) is 4.31. The summed E-state index contributed by atoms with van der Waals surface area (Å²) < 4.78 is 6.20. The minimum Gasteiger partial charge on any atom is -0.484 e. The Bertz CT molecular complexity index is 730. The maximum atomic E-state index is 12.0. The second kappa shape index (κ2) is 8.49. The summed E-state index contributed by atoms with van der Waals surface area (Å²) in [5, 5.41) is 0. The van der Waals surface area contributed by atoms with Gasteiger partial charge in [-0.15, -0.1) is 0 Å². The molecule has 2 amide bonds. The Morgan fingerprint density at radius 2 is 1.79 bits per heavy atom. The Labute approximate surface area is 149 Å². The van der Waals surface area contributed by atoms with Crippen LogP contribution in [0.3, 0.4) is 0 Å². The van der Waals surface area contributed by atoms with Crippen molar-refractivity contribution in [2.75, 3.05) is 6.61 Å². The van der Waals surface area contributed by atoms with Crippen molar-refractivity contribution in [3.8, 4) is 5.75 Å². The van der Waals surface area contributed by atoms with Gasteiger partial charge in [0.1, 0.15) is 5.75 Å². The van der Waals surface area contributed by atoms with Crippen LogP contribution in [0.1, 0.15) is 28.4 Å². The van der Waals surface area contributed by atoms with Gasteiger partial charge in [-0.2, -0.15) is 0 Å². The first-order valence-electron chi connectivity index (χ1n) is 7.56. The smallest absolute Gasteiger partial charge is 0.276 e. The molecule has 2 aromatic rings. The molecule has 0 aromatic heterocycles. The number of aryl methyl sites for hydroxylation is 2. The van der Waals surface area contributed by atoms with E-state index in [0.29, 0.717) is 11.3 Å². The molecule has 0 radical (unpaired) electrons. The van der Waals surface area contributed by atoms with Gasteiger partial charge < -0.3 is 4.74 Å². The minimum atomic E-state index is -0.436. The number of rotatable bonds is 5. The summed E-state index contributed by atoms with van der Waals surface area (Å²) in [6.07, 6.45) is 0.946. The van der Waals surface area contributed by atoms with Gasteiger partial charge in [0.25, 0.3) is 11.8 Å². The van der Waals surface area contributed by atoms with Crippen LogP contribution < -0.4 is 15.6 Å². The van der Waals surface area contributed by atoms with Gasteiger partial charge in [-0.3, -0.25) is 20.4 Å². The van der Waals surface area contributed by atoms with Gasteiger partial charge in [0.05, 0.1) is 0 Å². The lowest BCUT2D eigenvalue weighted by atomic mass is 10.1. The fraction of sp³-hybridized carbons (Fsp3) is 0.222. The van der Waals surface area contributed by atoms with E-state index in [1.165, 1.54) is 5.56 Å². The first kappa shape index (κ1) is 18.0. The number of hydrogen-bond acceptors (Lipinski definition) is 3. The van der Waals surface area contributed by atoms with E-state index < -0.39 is 11.8 Å². The number of carbonyl (C=O) groups is 2. The first-order chi connectivity index (χ1) is 11.5. The summed E-state index contributed by atoms with van der Waals surface area (Å²) in [6, 6.07) is 12.7. The number of carbonyl (C=O) groups excluding carboxylic acids is 2. The Balaban J connectivity index is 1.79. The molecule has 0 bridgehead atoms. The number of hydrogen-bond donors (Lipinski definition) is 2. The largest absolute Gasteiger partial charge is 0.484 e. The van der Waals surface area contributed by atoms with E-state index in [-0.39, 0.29) is 6.61 Å². The van der Waals surface area contributed by atoms with Crippen molar-refractivity contribution in [3.05, 3.63) is 63.6 Å². The Morgan fingerprint density at radius 3 is 2.42 bits per heavy atom. The maximum absolute atomic E-state index is 12.0. The van der Waals surface area contributed by atoms with Crippen LogP contribution in [0.15, 0.2) is 46.9 Å². The Morgan fingerprint density at radius 1 is 1.08 bits per heavy atom. The van der Waals surface area contributed by atoms with E-state index in [9.17, 15) is 9.59 Å². The van der Waals surface area contributed by atoms with Gasteiger partial charge in [0, 0.05) is 10.0 Å². The molecule has 2 rings (SSSR count). The molecule has 2 aromatic carbocycles. The topological polar surface area (TPSA) is 67.4 Å². The molecule has 126 valence electrons. The molecule has 0 spiro atoms. The second-order valence-corrected chi connectivity index (χ2v) is 6.11. The highest BCUT2D eigenvalue weighted by molar-refractivity contribution is 9.10. The zero-order valence-electron chi connectivity index (χ0n) is 13.6. The average molecular weight is 391 g/mol. The summed E-state index contributed by atoms with van der Waals surface area (Å²) in [7, 11) is 0. The zero-order valence-corrected chi connectivity index (χ0v) is 15.1. The molecule has 0 aliphatic carbocycles. The molecule has 0 aliphatic heterocycles. The van der Waals surface area contributed by atoms with Crippen LogP contribution in [0.2, 0.25) is 0 Å². The average Bonchev–Trinajstić information content (AvgIpc) is 2.60. The molecular weight excluding hydrogens is 372 g/mol. The van der Waals surface area contributed by atoms with Crippen molar-refractivity contribution in [1.82, 2.24) is 10.9 Å². The molecule has 0 heterocycles. The van der Waals surface area contributed by atoms with Crippen LogP contribution in [0.4, 0.5) is 0 Å². The molecule has 6 heteroatoms. The van der Waals surface area contributed by atoms with Crippen molar-refractivity contribution < 1.29 is 14.3 Å². The lowest BCUT2D eigenvalue weighted by Gasteiger charge is -2.09. The summed E-state index contributed by atoms with van der Waals surface area (Å²) in [4.78, 5) is 23.7. The zero-order chi connectivity index (χ0) is 17.5. The van der Waals surface area contributed by atoms with Gasteiger partial charge in [-0.25, -0.2) is 0 Å². The van der Waals surface area contributed by atoms with E-state index in [1.807, 2.05) is 37.3 Å². The van der Waals surface area contributed by atoms with Crippen LogP contribution in [0.25, 0.3) is 0 Å². The molecule has 0 unspecified atom stereocenters. The van der Waals surface area contributed by atoms with Crippen molar-refractivity contribution in [2.24, 2.45) is 0 Å². The molecule has 2 N–H and O–H groups in total. The number of benzene rings is 2. The molecule has 0 aliphatic rings. The molecule has 0 saturated heterocycles. The summed E-state index contributed by atoms with van der Waals surface area (Å²) in [5.41, 5.74) is 7.36. The van der Waals surface area contributed by atoms with Gasteiger partial charge in [-0.05, 0) is 48.7 Å². The van der Waals surface area contributed by atoms with Crippen molar-refractivity contribution in [3.63, 3.8) is 0 Å². The number of hydrazine groups is 1. The van der Waals surface area contributed by atoms with Crippen molar-refractivity contribution in [1.29, 1.82) is 0 Å². The van der Waals surface area contributed by atoms with Gasteiger partial charge in [-0.1, -0.05) is 41.1 Å². The molecule has 0 saturated carbocycles. The molecule has 0 fully saturated rings. The highest BCUT2D eigenvalue weighted by atomic mass is 79.9.